The average molecular weight is 213 g/mol. The van der Waals surface area contributed by atoms with Crippen LogP contribution in [0.25, 0.3) is 0 Å². The van der Waals surface area contributed by atoms with Crippen LogP contribution in [0.4, 0.5) is 5.82 Å². The Kier molecular flexibility index (Phi) is 3.15. The average Bonchev–Trinajstić information content (AvgIpc) is 2.31. The van der Waals surface area contributed by atoms with Crippen molar-refractivity contribution in [3.8, 4) is 0 Å². The highest BCUT2D eigenvalue weighted by molar-refractivity contribution is 5.38. The Morgan fingerprint density at radius 1 is 1.19 bits per heavy atom. The highest BCUT2D eigenvalue weighted by Gasteiger charge is 2.08. The minimum atomic E-state index is 0.212. The lowest BCUT2D eigenvalue weighted by Gasteiger charge is -2.16. The van der Waals surface area contributed by atoms with E-state index in [1.807, 2.05) is 36.7 Å². The third kappa shape index (κ3) is 2.37. The third-order valence-electron chi connectivity index (χ3n) is 2.58. The lowest BCUT2D eigenvalue weighted by Crippen LogP contribution is -2.09. The smallest absolute Gasteiger partial charge is 0.126 e. The van der Waals surface area contributed by atoms with E-state index in [2.05, 4.69) is 29.1 Å². The molecule has 0 bridgehead atoms. The van der Waals surface area contributed by atoms with Crippen molar-refractivity contribution in [2.75, 3.05) is 5.32 Å². The number of nitrogens with one attached hydrogen (secondary N) is 1. The second-order valence-electron chi connectivity index (χ2n) is 3.81. The van der Waals surface area contributed by atoms with Gasteiger partial charge in [-0.15, -0.1) is 0 Å². The van der Waals surface area contributed by atoms with Crippen LogP contribution in [0.1, 0.15) is 24.1 Å². The molecule has 1 N–H and O–H groups in total. The van der Waals surface area contributed by atoms with Crippen molar-refractivity contribution in [3.05, 3.63) is 54.0 Å². The Morgan fingerprint density at radius 3 is 2.75 bits per heavy atom. The molecule has 82 valence electrons. The SMILES string of the molecule is Cc1ccncc1C(C)Nc1ccccn1. The van der Waals surface area contributed by atoms with Gasteiger partial charge in [-0.05, 0) is 43.2 Å². The minimum Gasteiger partial charge on any atom is -0.363 e. The summed E-state index contributed by atoms with van der Waals surface area (Å²) in [6, 6.07) is 8.07. The molecule has 2 rings (SSSR count). The van der Waals surface area contributed by atoms with Crippen LogP contribution in [-0.2, 0) is 0 Å². The van der Waals surface area contributed by atoms with E-state index < -0.39 is 0 Å². The van der Waals surface area contributed by atoms with E-state index in [1.165, 1.54) is 11.1 Å². The molecule has 16 heavy (non-hydrogen) atoms. The van der Waals surface area contributed by atoms with E-state index in [-0.39, 0.29) is 6.04 Å². The minimum absolute atomic E-state index is 0.212. The number of anilines is 1. The zero-order chi connectivity index (χ0) is 11.4. The monoisotopic (exact) mass is 213 g/mol. The first-order valence-electron chi connectivity index (χ1n) is 5.35. The number of aryl methyl sites for hydroxylation is 1. The summed E-state index contributed by atoms with van der Waals surface area (Å²) in [5, 5.41) is 3.35. The maximum Gasteiger partial charge on any atom is 0.126 e. The maximum atomic E-state index is 4.24. The van der Waals surface area contributed by atoms with Crippen molar-refractivity contribution < 1.29 is 0 Å². The molecule has 3 heteroatoms. The number of pyridine rings is 2. The van der Waals surface area contributed by atoms with Gasteiger partial charge in [0, 0.05) is 18.6 Å². The van der Waals surface area contributed by atoms with Crippen LogP contribution in [0.2, 0.25) is 0 Å². The molecule has 0 spiro atoms. The van der Waals surface area contributed by atoms with Crippen LogP contribution in [0.15, 0.2) is 42.9 Å². The molecule has 1 atom stereocenters. The summed E-state index contributed by atoms with van der Waals surface area (Å²) in [6.45, 7) is 4.20. The summed E-state index contributed by atoms with van der Waals surface area (Å²) in [4.78, 5) is 8.39. The molecule has 2 aromatic rings. The van der Waals surface area contributed by atoms with Gasteiger partial charge in [0.05, 0.1) is 6.04 Å². The Hall–Kier alpha value is -1.90. The molecule has 0 fully saturated rings. The van der Waals surface area contributed by atoms with Crippen LogP contribution in [0, 0.1) is 6.92 Å². The Labute approximate surface area is 95.6 Å². The molecule has 0 aliphatic carbocycles. The van der Waals surface area contributed by atoms with Crippen molar-refractivity contribution in [1.82, 2.24) is 9.97 Å². The Bertz CT molecular complexity index is 454. The third-order valence-corrected chi connectivity index (χ3v) is 2.58. The Morgan fingerprint density at radius 2 is 2.06 bits per heavy atom. The molecule has 0 saturated carbocycles. The molecule has 0 aromatic carbocycles. The second-order valence-corrected chi connectivity index (χ2v) is 3.81. The lowest BCUT2D eigenvalue weighted by molar-refractivity contribution is 0.856. The van der Waals surface area contributed by atoms with E-state index in [0.29, 0.717) is 0 Å². The van der Waals surface area contributed by atoms with Crippen molar-refractivity contribution in [3.63, 3.8) is 0 Å². The Balaban J connectivity index is 2.15. The zero-order valence-electron chi connectivity index (χ0n) is 9.51. The number of aromatic nitrogens is 2. The molecular formula is C13H15N3. The predicted molar refractivity (Wildman–Crippen MR) is 65.2 cm³/mol. The van der Waals surface area contributed by atoms with Crippen LogP contribution in [-0.4, -0.2) is 9.97 Å². The maximum absolute atomic E-state index is 4.24. The fraction of sp³-hybridized carbons (Fsp3) is 0.231. The summed E-state index contributed by atoms with van der Waals surface area (Å²) >= 11 is 0. The molecule has 2 aromatic heterocycles. The summed E-state index contributed by atoms with van der Waals surface area (Å²) in [5.41, 5.74) is 2.44. The quantitative estimate of drug-likeness (QED) is 0.851. The first-order chi connectivity index (χ1) is 7.77. The van der Waals surface area contributed by atoms with Gasteiger partial charge in [0.25, 0.3) is 0 Å². The van der Waals surface area contributed by atoms with Crippen LogP contribution in [0.3, 0.4) is 0 Å². The zero-order valence-corrected chi connectivity index (χ0v) is 9.51. The molecule has 0 saturated heterocycles. The highest BCUT2D eigenvalue weighted by atomic mass is 15.0. The molecule has 0 aliphatic rings. The van der Waals surface area contributed by atoms with E-state index in [9.17, 15) is 0 Å². The number of nitrogens with zero attached hydrogens (tertiary/aromatic N) is 2. The van der Waals surface area contributed by atoms with Gasteiger partial charge >= 0.3 is 0 Å². The van der Waals surface area contributed by atoms with Gasteiger partial charge in [0.1, 0.15) is 5.82 Å². The first kappa shape index (κ1) is 10.6. The van der Waals surface area contributed by atoms with Gasteiger partial charge in [0.2, 0.25) is 0 Å². The summed E-state index contributed by atoms with van der Waals surface area (Å²) in [7, 11) is 0. The van der Waals surface area contributed by atoms with Gasteiger partial charge in [0.15, 0.2) is 0 Å². The molecule has 2 heterocycles. The van der Waals surface area contributed by atoms with Crippen LogP contribution >= 0.6 is 0 Å². The number of hydrogen-bond acceptors (Lipinski definition) is 3. The molecule has 0 radical (unpaired) electrons. The molecule has 3 nitrogen and oxygen atoms in total. The standard InChI is InChI=1S/C13H15N3/c1-10-6-8-14-9-12(10)11(2)16-13-5-3-4-7-15-13/h3-9,11H,1-2H3,(H,15,16). The predicted octanol–water partition coefficient (Wildman–Crippen LogP) is 2.96. The summed E-state index contributed by atoms with van der Waals surface area (Å²) in [6.07, 6.45) is 5.49. The highest BCUT2D eigenvalue weighted by Crippen LogP contribution is 2.19. The van der Waals surface area contributed by atoms with Gasteiger partial charge < -0.3 is 5.32 Å². The van der Waals surface area contributed by atoms with Crippen molar-refractivity contribution in [2.24, 2.45) is 0 Å². The van der Waals surface area contributed by atoms with Crippen LogP contribution in [0.5, 0.6) is 0 Å². The van der Waals surface area contributed by atoms with E-state index >= 15 is 0 Å². The second kappa shape index (κ2) is 4.75. The fourth-order valence-electron chi connectivity index (χ4n) is 1.68. The van der Waals surface area contributed by atoms with E-state index in [4.69, 9.17) is 0 Å². The number of hydrogen-bond donors (Lipinski definition) is 1. The molecule has 0 aliphatic heterocycles. The topological polar surface area (TPSA) is 37.8 Å². The van der Waals surface area contributed by atoms with Gasteiger partial charge in [-0.3, -0.25) is 4.98 Å². The van der Waals surface area contributed by atoms with Gasteiger partial charge in [-0.25, -0.2) is 4.98 Å². The van der Waals surface area contributed by atoms with Gasteiger partial charge in [-0.1, -0.05) is 6.07 Å². The summed E-state index contributed by atoms with van der Waals surface area (Å²) < 4.78 is 0. The van der Waals surface area contributed by atoms with Crippen molar-refractivity contribution in [1.29, 1.82) is 0 Å². The molecule has 0 amide bonds. The first-order valence-corrected chi connectivity index (χ1v) is 5.35. The van der Waals surface area contributed by atoms with Gasteiger partial charge in [-0.2, -0.15) is 0 Å². The summed E-state index contributed by atoms with van der Waals surface area (Å²) in [5.74, 6) is 0.887. The molecule has 1 unspecified atom stereocenters. The van der Waals surface area contributed by atoms with Crippen molar-refractivity contribution in [2.45, 2.75) is 19.9 Å². The fourth-order valence-corrected chi connectivity index (χ4v) is 1.68. The molecular weight excluding hydrogens is 198 g/mol. The number of rotatable bonds is 3. The largest absolute Gasteiger partial charge is 0.363 e. The van der Waals surface area contributed by atoms with E-state index in [1.54, 1.807) is 6.20 Å². The normalized spacial score (nSPS) is 12.1. The van der Waals surface area contributed by atoms with Crippen molar-refractivity contribution >= 4 is 5.82 Å². The lowest BCUT2D eigenvalue weighted by atomic mass is 10.1. The van der Waals surface area contributed by atoms with E-state index in [0.717, 1.165) is 5.82 Å². The van der Waals surface area contributed by atoms with Crippen LogP contribution < -0.4 is 5.32 Å².